The summed E-state index contributed by atoms with van der Waals surface area (Å²) in [6.45, 7) is -2.69. The second-order valence-electron chi connectivity index (χ2n) is 6.24. The van der Waals surface area contributed by atoms with Gasteiger partial charge in [0.25, 0.3) is 0 Å². The van der Waals surface area contributed by atoms with E-state index in [1.165, 1.54) is 36.4 Å². The highest BCUT2D eigenvalue weighted by molar-refractivity contribution is 6.03. The number of urea groups is 1. The van der Waals surface area contributed by atoms with Gasteiger partial charge < -0.3 is 14.8 Å². The maximum Gasteiger partial charge on any atom is 0.461 e. The number of nitrogens with zero attached hydrogens (tertiary/aromatic N) is 2. The molecule has 2 aromatic rings. The molecule has 1 N–H and O–H groups in total. The Morgan fingerprint density at radius 1 is 1.00 bits per heavy atom. The molecule has 166 valence electrons. The average molecular weight is 447 g/mol. The number of anilines is 1. The number of rotatable bonds is 7. The van der Waals surface area contributed by atoms with Crippen LogP contribution in [0.25, 0.3) is 0 Å². The maximum absolute atomic E-state index is 12.9. The molecule has 2 aromatic carbocycles. The molecule has 6 nitrogen and oxygen atoms in total. The van der Waals surface area contributed by atoms with E-state index in [1.54, 1.807) is 0 Å². The molecular formula is C19H15F6N3O3. The first-order valence-corrected chi connectivity index (χ1v) is 8.80. The van der Waals surface area contributed by atoms with E-state index < -0.39 is 30.9 Å². The highest BCUT2D eigenvalue weighted by Crippen LogP contribution is 2.28. The monoisotopic (exact) mass is 447 g/mol. The maximum atomic E-state index is 12.9. The zero-order valence-electron chi connectivity index (χ0n) is 15.6. The number of amides is 2. The fraction of sp³-hybridized carbons (Fsp3) is 0.263. The van der Waals surface area contributed by atoms with Gasteiger partial charge in [0.2, 0.25) is 0 Å². The van der Waals surface area contributed by atoms with Crippen molar-refractivity contribution in [2.75, 3.05) is 11.9 Å². The Balaban J connectivity index is 1.59. The molecule has 1 aliphatic heterocycles. The van der Waals surface area contributed by atoms with E-state index in [-0.39, 0.29) is 18.0 Å². The third-order valence-electron chi connectivity index (χ3n) is 4.06. The predicted molar refractivity (Wildman–Crippen MR) is 98.0 cm³/mol. The van der Waals surface area contributed by atoms with E-state index in [2.05, 4.69) is 19.9 Å². The number of hydrogen-bond donors (Lipinski definition) is 1. The molecule has 2 amide bonds. The van der Waals surface area contributed by atoms with E-state index >= 15 is 0 Å². The molecule has 0 bridgehead atoms. The average Bonchev–Trinajstić information content (AvgIpc) is 3.20. The highest BCUT2D eigenvalue weighted by atomic mass is 19.3. The van der Waals surface area contributed by atoms with Gasteiger partial charge in [-0.1, -0.05) is 0 Å². The summed E-state index contributed by atoms with van der Waals surface area (Å²) in [5.74, 6) is -0.505. The fourth-order valence-corrected chi connectivity index (χ4v) is 2.63. The molecule has 1 aliphatic rings. The second kappa shape index (κ2) is 9.14. The Bertz CT molecular complexity index is 936. The van der Waals surface area contributed by atoms with Gasteiger partial charge in [-0.05, 0) is 54.1 Å². The standard InChI is InChI=1S/C19H15F6N3O3/c20-16(21)19(24,25)31-14-7-3-12(4-8-14)26-18(29)28-10-9-15(27-28)11-1-5-13(6-2-11)30-17(22)23/h1-8,16-17H,9-10H2,(H,26,29). The lowest BCUT2D eigenvalue weighted by Crippen LogP contribution is -2.33. The molecule has 0 fully saturated rings. The molecule has 12 heteroatoms. The first-order chi connectivity index (χ1) is 14.6. The van der Waals surface area contributed by atoms with Crippen LogP contribution in [0.15, 0.2) is 53.6 Å². The third kappa shape index (κ3) is 5.80. The Kier molecular flexibility index (Phi) is 6.56. The Morgan fingerprint density at radius 3 is 2.19 bits per heavy atom. The highest BCUT2D eigenvalue weighted by Gasteiger charge is 2.43. The van der Waals surface area contributed by atoms with E-state index in [0.717, 1.165) is 17.1 Å². The van der Waals surface area contributed by atoms with Crippen molar-refractivity contribution in [3.8, 4) is 11.5 Å². The van der Waals surface area contributed by atoms with Gasteiger partial charge >= 0.3 is 25.2 Å². The van der Waals surface area contributed by atoms with E-state index in [1.807, 2.05) is 0 Å². The van der Waals surface area contributed by atoms with Gasteiger partial charge in [-0.3, -0.25) is 0 Å². The Morgan fingerprint density at radius 2 is 1.61 bits per heavy atom. The summed E-state index contributed by atoms with van der Waals surface area (Å²) in [5.41, 5.74) is 1.38. The predicted octanol–water partition coefficient (Wildman–Crippen LogP) is 5.17. The molecule has 0 spiro atoms. The van der Waals surface area contributed by atoms with Crippen molar-refractivity contribution in [2.45, 2.75) is 25.6 Å². The molecule has 0 atom stereocenters. The van der Waals surface area contributed by atoms with Crippen molar-refractivity contribution in [1.82, 2.24) is 5.01 Å². The molecule has 0 radical (unpaired) electrons. The molecule has 0 unspecified atom stereocenters. The van der Waals surface area contributed by atoms with E-state index in [9.17, 15) is 31.1 Å². The first kappa shape index (κ1) is 22.2. The summed E-state index contributed by atoms with van der Waals surface area (Å²) < 4.78 is 82.7. The lowest BCUT2D eigenvalue weighted by Gasteiger charge is -2.17. The van der Waals surface area contributed by atoms with Crippen molar-refractivity contribution in [2.24, 2.45) is 5.10 Å². The zero-order chi connectivity index (χ0) is 22.6. The van der Waals surface area contributed by atoms with Gasteiger partial charge in [-0.2, -0.15) is 31.4 Å². The minimum atomic E-state index is -4.63. The van der Waals surface area contributed by atoms with Crippen LogP contribution in [0.4, 0.5) is 36.8 Å². The van der Waals surface area contributed by atoms with Crippen molar-refractivity contribution in [3.63, 3.8) is 0 Å². The minimum Gasteiger partial charge on any atom is -0.435 e. The first-order valence-electron chi connectivity index (χ1n) is 8.80. The smallest absolute Gasteiger partial charge is 0.435 e. The van der Waals surface area contributed by atoms with E-state index in [0.29, 0.717) is 17.7 Å². The molecule has 3 rings (SSSR count). The molecular weight excluding hydrogens is 432 g/mol. The topological polar surface area (TPSA) is 63.2 Å². The van der Waals surface area contributed by atoms with Crippen molar-refractivity contribution < 1.29 is 40.6 Å². The van der Waals surface area contributed by atoms with E-state index in [4.69, 9.17) is 0 Å². The van der Waals surface area contributed by atoms with Crippen LogP contribution in [0.5, 0.6) is 11.5 Å². The van der Waals surface area contributed by atoms with Crippen LogP contribution >= 0.6 is 0 Å². The normalized spacial score (nSPS) is 14.1. The van der Waals surface area contributed by atoms with Crippen LogP contribution in [0.3, 0.4) is 0 Å². The number of hydrazone groups is 1. The van der Waals surface area contributed by atoms with Crippen LogP contribution < -0.4 is 14.8 Å². The lowest BCUT2D eigenvalue weighted by molar-refractivity contribution is -0.253. The molecule has 0 saturated carbocycles. The number of hydrogen-bond acceptors (Lipinski definition) is 4. The van der Waals surface area contributed by atoms with Gasteiger partial charge in [0.05, 0.1) is 12.3 Å². The number of carbonyl (C=O) groups excluding carboxylic acids is 1. The van der Waals surface area contributed by atoms with Gasteiger partial charge in [-0.15, -0.1) is 0 Å². The summed E-state index contributed by atoms with van der Waals surface area (Å²) in [5, 5.41) is 7.79. The Hall–Kier alpha value is -3.44. The SMILES string of the molecule is O=C(Nc1ccc(OC(F)(F)C(F)F)cc1)N1CCC(c2ccc(OC(F)F)cc2)=N1. The summed E-state index contributed by atoms with van der Waals surface area (Å²) in [7, 11) is 0. The summed E-state index contributed by atoms with van der Waals surface area (Å²) in [6.07, 6.45) is -8.20. The minimum absolute atomic E-state index is 0.00863. The van der Waals surface area contributed by atoms with Crippen molar-refractivity contribution in [3.05, 3.63) is 54.1 Å². The number of halogens is 6. The largest absolute Gasteiger partial charge is 0.461 e. The second-order valence-corrected chi connectivity index (χ2v) is 6.24. The summed E-state index contributed by atoms with van der Waals surface area (Å²) in [4.78, 5) is 12.3. The number of ether oxygens (including phenoxy) is 2. The van der Waals surface area contributed by atoms with Crippen molar-refractivity contribution >= 4 is 17.4 Å². The Labute approximate surface area is 172 Å². The van der Waals surface area contributed by atoms with Gasteiger partial charge in [0.15, 0.2) is 0 Å². The quantitative estimate of drug-likeness (QED) is 0.596. The van der Waals surface area contributed by atoms with Gasteiger partial charge in [-0.25, -0.2) is 9.80 Å². The number of carbonyl (C=O) groups is 1. The van der Waals surface area contributed by atoms with Gasteiger partial charge in [0, 0.05) is 12.1 Å². The molecule has 1 heterocycles. The fourth-order valence-electron chi connectivity index (χ4n) is 2.63. The van der Waals surface area contributed by atoms with Crippen LogP contribution in [-0.4, -0.2) is 42.4 Å². The number of nitrogens with one attached hydrogen (secondary N) is 1. The van der Waals surface area contributed by atoms with Crippen LogP contribution in [0.1, 0.15) is 12.0 Å². The van der Waals surface area contributed by atoms with Gasteiger partial charge in [0.1, 0.15) is 11.5 Å². The zero-order valence-corrected chi connectivity index (χ0v) is 15.6. The molecule has 0 aliphatic carbocycles. The van der Waals surface area contributed by atoms with Crippen LogP contribution in [0.2, 0.25) is 0 Å². The van der Waals surface area contributed by atoms with Crippen LogP contribution in [-0.2, 0) is 0 Å². The summed E-state index contributed by atoms with van der Waals surface area (Å²) >= 11 is 0. The third-order valence-corrected chi connectivity index (χ3v) is 4.06. The molecule has 0 saturated heterocycles. The van der Waals surface area contributed by atoms with Crippen LogP contribution in [0, 0.1) is 0 Å². The number of alkyl halides is 6. The number of benzene rings is 2. The molecule has 0 aromatic heterocycles. The molecule has 31 heavy (non-hydrogen) atoms. The lowest BCUT2D eigenvalue weighted by atomic mass is 10.1. The summed E-state index contributed by atoms with van der Waals surface area (Å²) in [6, 6.07) is 9.59. The van der Waals surface area contributed by atoms with Crippen molar-refractivity contribution in [1.29, 1.82) is 0 Å².